The lowest BCUT2D eigenvalue weighted by Crippen LogP contribution is -2.22. The van der Waals surface area contributed by atoms with Crippen LogP contribution in [0.3, 0.4) is 0 Å². The molecule has 0 aliphatic carbocycles. The summed E-state index contributed by atoms with van der Waals surface area (Å²) in [5.74, 6) is 1.95. The number of para-hydroxylation sites is 1. The summed E-state index contributed by atoms with van der Waals surface area (Å²) in [6.07, 6.45) is 1.57. The van der Waals surface area contributed by atoms with Gasteiger partial charge in [0.2, 0.25) is 6.79 Å². The Hall–Kier alpha value is -3.54. The van der Waals surface area contributed by atoms with Gasteiger partial charge in [-0.25, -0.2) is 4.98 Å². The van der Waals surface area contributed by atoms with Crippen LogP contribution in [-0.4, -0.2) is 17.7 Å². The van der Waals surface area contributed by atoms with Gasteiger partial charge in [-0.15, -0.1) is 0 Å². The quantitative estimate of drug-likeness (QED) is 0.702. The number of rotatable bonds is 5. The van der Waals surface area contributed by atoms with Crippen molar-refractivity contribution in [3.8, 4) is 11.5 Å². The molecule has 0 saturated heterocycles. The van der Waals surface area contributed by atoms with Crippen LogP contribution >= 0.6 is 0 Å². The molecule has 6 heteroatoms. The lowest BCUT2D eigenvalue weighted by Gasteiger charge is -2.12. The SMILES string of the molecule is Cc1cccc(C)c1Nc1ccc(C(=O)NCc2ccc3c(c2)OCO3)cn1. The van der Waals surface area contributed by atoms with Crippen LogP contribution in [0.2, 0.25) is 0 Å². The van der Waals surface area contributed by atoms with Crippen molar-refractivity contribution in [1.82, 2.24) is 10.3 Å². The predicted octanol–water partition coefficient (Wildman–Crippen LogP) is 4.10. The van der Waals surface area contributed by atoms with E-state index in [0.29, 0.717) is 23.7 Å². The first-order valence-corrected chi connectivity index (χ1v) is 9.06. The van der Waals surface area contributed by atoms with E-state index in [1.807, 2.05) is 50.2 Å². The van der Waals surface area contributed by atoms with Crippen molar-refractivity contribution in [3.05, 3.63) is 77.0 Å². The molecule has 0 unspecified atom stereocenters. The van der Waals surface area contributed by atoms with Gasteiger partial charge in [0.05, 0.1) is 5.56 Å². The maximum absolute atomic E-state index is 12.4. The van der Waals surface area contributed by atoms with Crippen LogP contribution in [0.5, 0.6) is 11.5 Å². The Bertz CT molecular complexity index is 996. The Kier molecular flexibility index (Phi) is 4.85. The number of fused-ring (bicyclic) bond motifs is 1. The van der Waals surface area contributed by atoms with Gasteiger partial charge in [0.15, 0.2) is 11.5 Å². The van der Waals surface area contributed by atoms with Crippen LogP contribution in [0, 0.1) is 13.8 Å². The second-order valence-corrected chi connectivity index (χ2v) is 6.69. The first kappa shape index (κ1) is 17.9. The molecular weight excluding hydrogens is 354 g/mol. The molecule has 28 heavy (non-hydrogen) atoms. The first-order chi connectivity index (χ1) is 13.6. The minimum Gasteiger partial charge on any atom is -0.454 e. The van der Waals surface area contributed by atoms with Gasteiger partial charge in [0, 0.05) is 18.4 Å². The largest absolute Gasteiger partial charge is 0.454 e. The second-order valence-electron chi connectivity index (χ2n) is 6.69. The van der Waals surface area contributed by atoms with Gasteiger partial charge < -0.3 is 20.1 Å². The molecule has 1 aromatic heterocycles. The van der Waals surface area contributed by atoms with Crippen LogP contribution in [0.15, 0.2) is 54.7 Å². The number of hydrogen-bond donors (Lipinski definition) is 2. The van der Waals surface area contributed by atoms with Crippen molar-refractivity contribution in [3.63, 3.8) is 0 Å². The van der Waals surface area contributed by atoms with Crippen LogP contribution in [0.1, 0.15) is 27.0 Å². The molecule has 142 valence electrons. The van der Waals surface area contributed by atoms with Crippen molar-refractivity contribution >= 4 is 17.4 Å². The van der Waals surface area contributed by atoms with Crippen molar-refractivity contribution in [2.75, 3.05) is 12.1 Å². The Balaban J connectivity index is 1.39. The van der Waals surface area contributed by atoms with E-state index in [9.17, 15) is 4.79 Å². The Morgan fingerprint density at radius 1 is 1.04 bits per heavy atom. The monoisotopic (exact) mass is 375 g/mol. The molecule has 0 saturated carbocycles. The number of carbonyl (C=O) groups excluding carboxylic acids is 1. The smallest absolute Gasteiger partial charge is 0.253 e. The molecule has 6 nitrogen and oxygen atoms in total. The number of pyridine rings is 1. The van der Waals surface area contributed by atoms with Gasteiger partial charge >= 0.3 is 0 Å². The molecule has 1 amide bonds. The highest BCUT2D eigenvalue weighted by Crippen LogP contribution is 2.32. The van der Waals surface area contributed by atoms with E-state index in [2.05, 4.69) is 15.6 Å². The first-order valence-electron chi connectivity index (χ1n) is 9.06. The second kappa shape index (κ2) is 7.60. The van der Waals surface area contributed by atoms with Crippen LogP contribution in [0.25, 0.3) is 0 Å². The summed E-state index contributed by atoms with van der Waals surface area (Å²) in [6, 6.07) is 15.3. The lowest BCUT2D eigenvalue weighted by molar-refractivity contribution is 0.0950. The van der Waals surface area contributed by atoms with E-state index < -0.39 is 0 Å². The molecule has 0 bridgehead atoms. The molecule has 2 heterocycles. The molecule has 1 aliphatic rings. The van der Waals surface area contributed by atoms with E-state index in [0.717, 1.165) is 28.1 Å². The summed E-state index contributed by atoms with van der Waals surface area (Å²) in [7, 11) is 0. The van der Waals surface area contributed by atoms with Crippen molar-refractivity contribution < 1.29 is 14.3 Å². The number of nitrogens with one attached hydrogen (secondary N) is 2. The molecule has 4 rings (SSSR count). The van der Waals surface area contributed by atoms with Crippen LogP contribution in [0.4, 0.5) is 11.5 Å². The zero-order valence-corrected chi connectivity index (χ0v) is 15.8. The fourth-order valence-electron chi connectivity index (χ4n) is 3.08. The van der Waals surface area contributed by atoms with Crippen molar-refractivity contribution in [2.24, 2.45) is 0 Å². The Labute approximate surface area is 163 Å². The Morgan fingerprint density at radius 2 is 1.82 bits per heavy atom. The van der Waals surface area contributed by atoms with E-state index in [1.165, 1.54) is 0 Å². The molecule has 2 N–H and O–H groups in total. The Morgan fingerprint density at radius 3 is 2.57 bits per heavy atom. The topological polar surface area (TPSA) is 72.5 Å². The summed E-state index contributed by atoms with van der Waals surface area (Å²) in [5.41, 5.74) is 4.78. The maximum Gasteiger partial charge on any atom is 0.253 e. The standard InChI is InChI=1S/C22H21N3O3/c1-14-4-3-5-15(2)21(14)25-20-9-7-17(12-23-20)22(26)24-11-16-6-8-18-19(10-16)28-13-27-18/h3-10,12H,11,13H2,1-2H3,(H,23,25)(H,24,26). The lowest BCUT2D eigenvalue weighted by atomic mass is 10.1. The number of aromatic nitrogens is 1. The average molecular weight is 375 g/mol. The van der Waals surface area contributed by atoms with Crippen LogP contribution < -0.4 is 20.1 Å². The van der Waals surface area contributed by atoms with Gasteiger partial charge in [-0.2, -0.15) is 0 Å². The summed E-state index contributed by atoms with van der Waals surface area (Å²) < 4.78 is 10.7. The summed E-state index contributed by atoms with van der Waals surface area (Å²) >= 11 is 0. The fraction of sp³-hybridized carbons (Fsp3) is 0.182. The van der Waals surface area contributed by atoms with Gasteiger partial charge in [-0.05, 0) is 54.8 Å². The molecule has 3 aromatic rings. The summed E-state index contributed by atoms with van der Waals surface area (Å²) in [5, 5.41) is 6.22. The van der Waals surface area contributed by atoms with Gasteiger partial charge in [0.25, 0.3) is 5.91 Å². The summed E-state index contributed by atoms with van der Waals surface area (Å²) in [6.45, 7) is 4.73. The summed E-state index contributed by atoms with van der Waals surface area (Å²) in [4.78, 5) is 16.8. The predicted molar refractivity (Wildman–Crippen MR) is 107 cm³/mol. The molecule has 0 spiro atoms. The molecule has 1 aliphatic heterocycles. The number of carbonyl (C=O) groups is 1. The normalized spacial score (nSPS) is 11.9. The van der Waals surface area contributed by atoms with E-state index in [4.69, 9.17) is 9.47 Å². The third-order valence-corrected chi connectivity index (χ3v) is 4.65. The third-order valence-electron chi connectivity index (χ3n) is 4.65. The number of hydrogen-bond acceptors (Lipinski definition) is 5. The van der Waals surface area contributed by atoms with E-state index >= 15 is 0 Å². The van der Waals surface area contributed by atoms with Crippen LogP contribution in [-0.2, 0) is 6.54 Å². The van der Waals surface area contributed by atoms with Gasteiger partial charge in [-0.3, -0.25) is 4.79 Å². The molecule has 0 atom stereocenters. The number of nitrogens with zero attached hydrogens (tertiary/aromatic N) is 1. The zero-order chi connectivity index (χ0) is 19.5. The average Bonchev–Trinajstić information content (AvgIpc) is 3.17. The molecule has 0 radical (unpaired) electrons. The third kappa shape index (κ3) is 3.76. The molecule has 2 aromatic carbocycles. The maximum atomic E-state index is 12.4. The number of anilines is 2. The van der Waals surface area contributed by atoms with Crippen molar-refractivity contribution in [2.45, 2.75) is 20.4 Å². The zero-order valence-electron chi connectivity index (χ0n) is 15.8. The van der Waals surface area contributed by atoms with Gasteiger partial charge in [0.1, 0.15) is 5.82 Å². The minimum absolute atomic E-state index is 0.177. The number of amides is 1. The molecular formula is C22H21N3O3. The van der Waals surface area contributed by atoms with Gasteiger partial charge in [-0.1, -0.05) is 24.3 Å². The van der Waals surface area contributed by atoms with Crippen molar-refractivity contribution in [1.29, 1.82) is 0 Å². The highest BCUT2D eigenvalue weighted by molar-refractivity contribution is 5.94. The fourth-order valence-corrected chi connectivity index (χ4v) is 3.08. The molecule has 0 fully saturated rings. The minimum atomic E-state index is -0.177. The highest BCUT2D eigenvalue weighted by atomic mass is 16.7. The highest BCUT2D eigenvalue weighted by Gasteiger charge is 2.14. The van der Waals surface area contributed by atoms with E-state index in [-0.39, 0.29) is 12.7 Å². The number of benzene rings is 2. The van der Waals surface area contributed by atoms with E-state index in [1.54, 1.807) is 18.3 Å². The number of ether oxygens (including phenoxy) is 2. The number of aryl methyl sites for hydroxylation is 2.